The van der Waals surface area contributed by atoms with Crippen molar-refractivity contribution in [3.05, 3.63) is 64.2 Å². The SMILES string of the molecule is CCCNCc1ccc(COc2ccc(Cl)c(C)c2)cc1. The molecule has 0 heterocycles. The van der Waals surface area contributed by atoms with Gasteiger partial charge in [-0.15, -0.1) is 0 Å². The third-order valence-electron chi connectivity index (χ3n) is 3.31. The van der Waals surface area contributed by atoms with Gasteiger partial charge in [0.25, 0.3) is 0 Å². The Hall–Kier alpha value is -1.51. The second-order valence-corrected chi connectivity index (χ2v) is 5.60. The molecule has 0 fully saturated rings. The van der Waals surface area contributed by atoms with Crippen molar-refractivity contribution in [2.24, 2.45) is 0 Å². The van der Waals surface area contributed by atoms with E-state index in [1.165, 1.54) is 11.1 Å². The minimum absolute atomic E-state index is 0.573. The van der Waals surface area contributed by atoms with Crippen molar-refractivity contribution in [3.63, 3.8) is 0 Å². The van der Waals surface area contributed by atoms with Crippen molar-refractivity contribution >= 4 is 11.6 Å². The maximum absolute atomic E-state index is 6.01. The van der Waals surface area contributed by atoms with Crippen molar-refractivity contribution in [3.8, 4) is 5.75 Å². The van der Waals surface area contributed by atoms with Crippen molar-refractivity contribution in [2.45, 2.75) is 33.4 Å². The molecule has 112 valence electrons. The average Bonchev–Trinajstić information content (AvgIpc) is 2.50. The summed E-state index contributed by atoms with van der Waals surface area (Å²) in [5, 5.41) is 4.17. The fourth-order valence-electron chi connectivity index (χ4n) is 2.04. The average molecular weight is 304 g/mol. The first-order valence-corrected chi connectivity index (χ1v) is 7.74. The van der Waals surface area contributed by atoms with Crippen LogP contribution in [0.15, 0.2) is 42.5 Å². The van der Waals surface area contributed by atoms with Crippen molar-refractivity contribution in [2.75, 3.05) is 6.54 Å². The number of hydrogen-bond acceptors (Lipinski definition) is 2. The molecule has 0 radical (unpaired) electrons. The van der Waals surface area contributed by atoms with Gasteiger partial charge >= 0.3 is 0 Å². The summed E-state index contributed by atoms with van der Waals surface area (Å²) in [4.78, 5) is 0. The van der Waals surface area contributed by atoms with Crippen LogP contribution in [0.2, 0.25) is 5.02 Å². The Kier molecular flexibility index (Phi) is 6.09. The van der Waals surface area contributed by atoms with E-state index < -0.39 is 0 Å². The molecule has 0 aliphatic carbocycles. The van der Waals surface area contributed by atoms with Gasteiger partial charge in [0.15, 0.2) is 0 Å². The zero-order valence-corrected chi connectivity index (χ0v) is 13.4. The highest BCUT2D eigenvalue weighted by Gasteiger charge is 2.00. The molecule has 0 amide bonds. The number of nitrogens with one attached hydrogen (secondary N) is 1. The Labute approximate surface area is 132 Å². The van der Waals surface area contributed by atoms with Crippen LogP contribution >= 0.6 is 11.6 Å². The number of halogens is 1. The van der Waals surface area contributed by atoms with E-state index in [1.807, 2.05) is 25.1 Å². The van der Waals surface area contributed by atoms with E-state index in [9.17, 15) is 0 Å². The fourth-order valence-corrected chi connectivity index (χ4v) is 2.15. The van der Waals surface area contributed by atoms with E-state index >= 15 is 0 Å². The largest absolute Gasteiger partial charge is 0.489 e. The minimum atomic E-state index is 0.573. The monoisotopic (exact) mass is 303 g/mol. The first-order chi connectivity index (χ1) is 10.2. The summed E-state index contributed by atoms with van der Waals surface area (Å²) in [6.45, 7) is 6.70. The van der Waals surface area contributed by atoms with Gasteiger partial charge in [0, 0.05) is 11.6 Å². The number of hydrogen-bond donors (Lipinski definition) is 1. The van der Waals surface area contributed by atoms with E-state index in [2.05, 4.69) is 36.5 Å². The zero-order chi connectivity index (χ0) is 15.1. The van der Waals surface area contributed by atoms with E-state index in [1.54, 1.807) is 0 Å². The first kappa shape index (κ1) is 15.9. The van der Waals surface area contributed by atoms with Gasteiger partial charge in [-0.2, -0.15) is 0 Å². The van der Waals surface area contributed by atoms with Gasteiger partial charge in [-0.05, 0) is 54.8 Å². The van der Waals surface area contributed by atoms with Crippen LogP contribution in [0.1, 0.15) is 30.0 Å². The van der Waals surface area contributed by atoms with Crippen LogP contribution in [-0.2, 0) is 13.2 Å². The molecule has 0 saturated carbocycles. The summed E-state index contributed by atoms with van der Waals surface area (Å²) >= 11 is 6.01. The van der Waals surface area contributed by atoms with Gasteiger partial charge in [-0.3, -0.25) is 0 Å². The summed E-state index contributed by atoms with van der Waals surface area (Å²) in [5.41, 5.74) is 3.50. The summed E-state index contributed by atoms with van der Waals surface area (Å²) in [6, 6.07) is 14.3. The van der Waals surface area contributed by atoms with Crippen molar-refractivity contribution in [1.82, 2.24) is 5.32 Å². The van der Waals surface area contributed by atoms with Gasteiger partial charge in [-0.1, -0.05) is 42.8 Å². The predicted octanol–water partition coefficient (Wildman–Crippen LogP) is 4.73. The molecule has 0 unspecified atom stereocenters. The zero-order valence-electron chi connectivity index (χ0n) is 12.7. The summed E-state index contributed by atoms with van der Waals surface area (Å²) in [7, 11) is 0. The lowest BCUT2D eigenvalue weighted by Gasteiger charge is -2.09. The standard InChI is InChI=1S/C18H22ClNO/c1-3-10-20-12-15-4-6-16(7-5-15)13-21-17-8-9-18(19)14(2)11-17/h4-9,11,20H,3,10,12-13H2,1-2H3. The van der Waals surface area contributed by atoms with E-state index in [4.69, 9.17) is 16.3 Å². The summed E-state index contributed by atoms with van der Waals surface area (Å²) < 4.78 is 5.79. The number of benzene rings is 2. The van der Waals surface area contributed by atoms with E-state index in [0.29, 0.717) is 6.61 Å². The first-order valence-electron chi connectivity index (χ1n) is 7.36. The quantitative estimate of drug-likeness (QED) is 0.747. The Morgan fingerprint density at radius 2 is 1.76 bits per heavy atom. The Morgan fingerprint density at radius 1 is 1.05 bits per heavy atom. The Bertz CT molecular complexity index is 566. The highest BCUT2D eigenvalue weighted by molar-refractivity contribution is 6.31. The predicted molar refractivity (Wildman–Crippen MR) is 89.0 cm³/mol. The second-order valence-electron chi connectivity index (χ2n) is 5.19. The van der Waals surface area contributed by atoms with Gasteiger partial charge < -0.3 is 10.1 Å². The van der Waals surface area contributed by atoms with Gasteiger partial charge in [-0.25, -0.2) is 0 Å². The maximum atomic E-state index is 6.01. The Balaban J connectivity index is 1.86. The lowest BCUT2D eigenvalue weighted by molar-refractivity contribution is 0.306. The number of ether oxygens (including phenoxy) is 1. The smallest absolute Gasteiger partial charge is 0.120 e. The summed E-state index contributed by atoms with van der Waals surface area (Å²) in [5.74, 6) is 0.852. The molecular weight excluding hydrogens is 282 g/mol. The third-order valence-corrected chi connectivity index (χ3v) is 3.74. The van der Waals surface area contributed by atoms with E-state index in [-0.39, 0.29) is 0 Å². The van der Waals surface area contributed by atoms with Crippen LogP contribution in [0, 0.1) is 6.92 Å². The molecule has 2 nitrogen and oxygen atoms in total. The number of aryl methyl sites for hydroxylation is 1. The molecule has 0 aromatic heterocycles. The molecule has 0 aliphatic rings. The Morgan fingerprint density at radius 3 is 2.43 bits per heavy atom. The molecule has 3 heteroatoms. The minimum Gasteiger partial charge on any atom is -0.489 e. The van der Waals surface area contributed by atoms with Crippen LogP contribution in [0.25, 0.3) is 0 Å². The molecular formula is C18H22ClNO. The van der Waals surface area contributed by atoms with Gasteiger partial charge in [0.05, 0.1) is 0 Å². The van der Waals surface area contributed by atoms with Crippen molar-refractivity contribution in [1.29, 1.82) is 0 Å². The van der Waals surface area contributed by atoms with Gasteiger partial charge in [0.2, 0.25) is 0 Å². The molecule has 2 rings (SSSR count). The highest BCUT2D eigenvalue weighted by Crippen LogP contribution is 2.21. The lowest BCUT2D eigenvalue weighted by Crippen LogP contribution is -2.13. The van der Waals surface area contributed by atoms with Crippen LogP contribution in [-0.4, -0.2) is 6.54 Å². The van der Waals surface area contributed by atoms with E-state index in [0.717, 1.165) is 35.8 Å². The molecule has 2 aromatic rings. The van der Waals surface area contributed by atoms with Crippen LogP contribution in [0.3, 0.4) is 0 Å². The van der Waals surface area contributed by atoms with Crippen molar-refractivity contribution < 1.29 is 4.74 Å². The fraction of sp³-hybridized carbons (Fsp3) is 0.333. The summed E-state index contributed by atoms with van der Waals surface area (Å²) in [6.07, 6.45) is 1.16. The third kappa shape index (κ3) is 5.07. The lowest BCUT2D eigenvalue weighted by atomic mass is 10.1. The maximum Gasteiger partial charge on any atom is 0.120 e. The molecule has 0 bridgehead atoms. The van der Waals surface area contributed by atoms with Crippen LogP contribution < -0.4 is 10.1 Å². The molecule has 0 saturated heterocycles. The second kappa shape index (κ2) is 8.06. The molecule has 21 heavy (non-hydrogen) atoms. The topological polar surface area (TPSA) is 21.3 Å². The number of rotatable bonds is 7. The molecule has 1 N–H and O–H groups in total. The van der Waals surface area contributed by atoms with Gasteiger partial charge in [0.1, 0.15) is 12.4 Å². The highest BCUT2D eigenvalue weighted by atomic mass is 35.5. The molecule has 0 spiro atoms. The molecule has 2 aromatic carbocycles. The molecule has 0 atom stereocenters. The van der Waals surface area contributed by atoms with Crippen LogP contribution in [0.5, 0.6) is 5.75 Å². The van der Waals surface area contributed by atoms with Crippen LogP contribution in [0.4, 0.5) is 0 Å². The molecule has 0 aliphatic heterocycles. The normalized spacial score (nSPS) is 10.6.